The van der Waals surface area contributed by atoms with Gasteiger partial charge in [-0.3, -0.25) is 9.78 Å². The molecule has 1 fully saturated rings. The Balaban J connectivity index is 2.04. The number of sulfone groups is 1. The number of aromatic nitrogens is 3. The van der Waals surface area contributed by atoms with Crippen molar-refractivity contribution in [3.63, 3.8) is 0 Å². The van der Waals surface area contributed by atoms with E-state index in [1.165, 1.54) is 6.20 Å². The highest BCUT2D eigenvalue weighted by atomic mass is 35.5. The summed E-state index contributed by atoms with van der Waals surface area (Å²) in [5.74, 6) is -0.00438. The van der Waals surface area contributed by atoms with Crippen LogP contribution < -0.4 is 0 Å². The predicted molar refractivity (Wildman–Crippen MR) is 97.6 cm³/mol. The van der Waals surface area contributed by atoms with E-state index >= 15 is 0 Å². The Kier molecular flexibility index (Phi) is 5.52. The van der Waals surface area contributed by atoms with E-state index in [2.05, 4.69) is 15.0 Å². The maximum atomic E-state index is 12.2. The first-order valence-corrected chi connectivity index (χ1v) is 10.6. The number of carbonyl (C=O) groups is 1. The van der Waals surface area contributed by atoms with Crippen LogP contribution in [-0.4, -0.2) is 59.4 Å². The van der Waals surface area contributed by atoms with Crippen molar-refractivity contribution in [2.45, 2.75) is 23.7 Å². The monoisotopic (exact) mass is 394 g/mol. The standard InChI is InChI=1S/C17H19ClN4O3S/c1-26(24,25)14-10-20-17(12-4-2-6-19-9-12)21-16(14)13-5-3-7-22(11-13)15(23)8-18/h2,4,6,9-10,13H,3,5,7-8,11H2,1H3. The Bertz CT molecular complexity index is 905. The van der Waals surface area contributed by atoms with Gasteiger partial charge in [-0.1, -0.05) is 0 Å². The summed E-state index contributed by atoms with van der Waals surface area (Å²) in [6.45, 7) is 1.02. The van der Waals surface area contributed by atoms with Crippen molar-refractivity contribution >= 4 is 27.3 Å². The number of halogens is 1. The van der Waals surface area contributed by atoms with E-state index < -0.39 is 9.84 Å². The lowest BCUT2D eigenvalue weighted by Crippen LogP contribution is -2.40. The average Bonchev–Trinajstić information content (AvgIpc) is 2.67. The van der Waals surface area contributed by atoms with Crippen molar-refractivity contribution in [2.24, 2.45) is 0 Å². The summed E-state index contributed by atoms with van der Waals surface area (Å²) in [6, 6.07) is 3.58. The summed E-state index contributed by atoms with van der Waals surface area (Å²) in [5, 5.41) is 0. The Morgan fingerprint density at radius 3 is 2.85 bits per heavy atom. The molecule has 2 aromatic heterocycles. The molecule has 138 valence electrons. The van der Waals surface area contributed by atoms with Crippen LogP contribution in [0.5, 0.6) is 0 Å². The normalized spacial score (nSPS) is 17.9. The molecule has 0 aliphatic carbocycles. The molecule has 7 nitrogen and oxygen atoms in total. The molecule has 0 radical (unpaired) electrons. The van der Waals surface area contributed by atoms with Gasteiger partial charge < -0.3 is 4.90 Å². The molecule has 1 unspecified atom stereocenters. The minimum atomic E-state index is -3.50. The van der Waals surface area contributed by atoms with Crippen LogP contribution in [0, 0.1) is 0 Å². The Morgan fingerprint density at radius 2 is 2.19 bits per heavy atom. The number of hydrogen-bond acceptors (Lipinski definition) is 6. The number of hydrogen-bond donors (Lipinski definition) is 0. The van der Waals surface area contributed by atoms with Gasteiger partial charge in [-0.05, 0) is 25.0 Å². The third-order valence-corrected chi connectivity index (χ3v) is 5.72. The quantitative estimate of drug-likeness (QED) is 0.735. The fourth-order valence-electron chi connectivity index (χ4n) is 3.11. The van der Waals surface area contributed by atoms with Gasteiger partial charge in [0.1, 0.15) is 10.8 Å². The second-order valence-electron chi connectivity index (χ2n) is 6.27. The van der Waals surface area contributed by atoms with E-state index in [0.717, 1.165) is 19.1 Å². The summed E-state index contributed by atoms with van der Waals surface area (Å²) >= 11 is 5.67. The molecule has 1 saturated heterocycles. The number of pyridine rings is 1. The summed E-state index contributed by atoms with van der Waals surface area (Å²) in [4.78, 5) is 26.5. The molecule has 3 heterocycles. The number of likely N-dealkylation sites (tertiary alicyclic amines) is 1. The van der Waals surface area contributed by atoms with E-state index in [9.17, 15) is 13.2 Å². The summed E-state index contributed by atoms with van der Waals surface area (Å²) < 4.78 is 24.4. The lowest BCUT2D eigenvalue weighted by molar-refractivity contribution is -0.129. The molecule has 26 heavy (non-hydrogen) atoms. The highest BCUT2D eigenvalue weighted by molar-refractivity contribution is 7.90. The lowest BCUT2D eigenvalue weighted by atomic mass is 9.94. The molecule has 1 aliphatic rings. The third kappa shape index (κ3) is 4.02. The van der Waals surface area contributed by atoms with Crippen LogP contribution >= 0.6 is 11.6 Å². The smallest absolute Gasteiger partial charge is 0.237 e. The number of nitrogens with zero attached hydrogens (tertiary/aromatic N) is 4. The minimum absolute atomic E-state index is 0.0869. The number of alkyl halides is 1. The van der Waals surface area contributed by atoms with Crippen LogP contribution in [0.3, 0.4) is 0 Å². The van der Waals surface area contributed by atoms with Crippen molar-refractivity contribution in [3.8, 4) is 11.4 Å². The van der Waals surface area contributed by atoms with E-state index in [1.807, 2.05) is 6.07 Å². The maximum absolute atomic E-state index is 12.2. The third-order valence-electron chi connectivity index (χ3n) is 4.38. The molecule has 1 aliphatic heterocycles. The van der Waals surface area contributed by atoms with Gasteiger partial charge >= 0.3 is 0 Å². The molecule has 0 saturated carbocycles. The van der Waals surface area contributed by atoms with Crippen LogP contribution in [0.2, 0.25) is 0 Å². The molecule has 1 amide bonds. The second kappa shape index (κ2) is 7.67. The molecule has 0 N–H and O–H groups in total. The molecule has 9 heteroatoms. The molecular weight excluding hydrogens is 376 g/mol. The summed E-state index contributed by atoms with van der Waals surface area (Å²) in [6.07, 6.45) is 7.28. The highest BCUT2D eigenvalue weighted by Crippen LogP contribution is 2.31. The van der Waals surface area contributed by atoms with Gasteiger partial charge in [-0.15, -0.1) is 11.6 Å². The first-order chi connectivity index (χ1) is 12.4. The molecule has 1 atom stereocenters. The van der Waals surface area contributed by atoms with Crippen molar-refractivity contribution in [1.29, 1.82) is 0 Å². The van der Waals surface area contributed by atoms with Crippen LogP contribution in [0.4, 0.5) is 0 Å². The van der Waals surface area contributed by atoms with Crippen molar-refractivity contribution in [1.82, 2.24) is 19.9 Å². The Labute approximate surface area is 157 Å². The zero-order valence-corrected chi connectivity index (χ0v) is 15.9. The van der Waals surface area contributed by atoms with E-state index in [-0.39, 0.29) is 22.6 Å². The zero-order valence-electron chi connectivity index (χ0n) is 14.3. The fourth-order valence-corrected chi connectivity index (χ4v) is 4.11. The largest absolute Gasteiger partial charge is 0.341 e. The van der Waals surface area contributed by atoms with Crippen molar-refractivity contribution < 1.29 is 13.2 Å². The van der Waals surface area contributed by atoms with Crippen LogP contribution in [0.25, 0.3) is 11.4 Å². The summed E-state index contributed by atoms with van der Waals surface area (Å²) in [5.41, 5.74) is 1.16. The molecule has 2 aromatic rings. The maximum Gasteiger partial charge on any atom is 0.237 e. The van der Waals surface area contributed by atoms with Crippen LogP contribution in [0.15, 0.2) is 35.6 Å². The van der Waals surface area contributed by atoms with Gasteiger partial charge in [0.25, 0.3) is 0 Å². The first-order valence-electron chi connectivity index (χ1n) is 8.21. The van der Waals surface area contributed by atoms with Gasteiger partial charge in [0, 0.05) is 49.4 Å². The van der Waals surface area contributed by atoms with Crippen molar-refractivity contribution in [3.05, 3.63) is 36.4 Å². The number of amides is 1. The predicted octanol–water partition coefficient (Wildman–Crippen LogP) is 1.89. The molecular formula is C17H19ClN4O3S. The zero-order chi connectivity index (χ0) is 18.7. The lowest BCUT2D eigenvalue weighted by Gasteiger charge is -2.32. The van der Waals surface area contributed by atoms with Gasteiger partial charge in [0.05, 0.1) is 5.69 Å². The minimum Gasteiger partial charge on any atom is -0.341 e. The van der Waals surface area contributed by atoms with Gasteiger partial charge in [-0.2, -0.15) is 0 Å². The second-order valence-corrected chi connectivity index (χ2v) is 8.52. The van der Waals surface area contributed by atoms with Crippen LogP contribution in [0.1, 0.15) is 24.5 Å². The highest BCUT2D eigenvalue weighted by Gasteiger charge is 2.30. The molecule has 0 spiro atoms. The van der Waals surface area contributed by atoms with Gasteiger partial charge in [0.15, 0.2) is 15.7 Å². The molecule has 0 bridgehead atoms. The number of carbonyl (C=O) groups excluding carboxylic acids is 1. The van der Waals surface area contributed by atoms with Crippen molar-refractivity contribution in [2.75, 3.05) is 25.2 Å². The Morgan fingerprint density at radius 1 is 1.38 bits per heavy atom. The Hall–Kier alpha value is -2.06. The topological polar surface area (TPSA) is 93.1 Å². The van der Waals surface area contributed by atoms with Gasteiger partial charge in [0.2, 0.25) is 5.91 Å². The van der Waals surface area contributed by atoms with E-state index in [4.69, 9.17) is 11.6 Å². The van der Waals surface area contributed by atoms with E-state index in [0.29, 0.717) is 30.2 Å². The number of rotatable bonds is 4. The molecule has 0 aromatic carbocycles. The number of piperidine rings is 1. The first kappa shape index (κ1) is 18.7. The average molecular weight is 395 g/mol. The molecule has 3 rings (SSSR count). The fraction of sp³-hybridized carbons (Fsp3) is 0.412. The SMILES string of the molecule is CS(=O)(=O)c1cnc(-c2cccnc2)nc1C1CCCN(C(=O)CCl)C1. The van der Waals surface area contributed by atoms with E-state index in [1.54, 1.807) is 23.4 Å². The van der Waals surface area contributed by atoms with Crippen LogP contribution in [-0.2, 0) is 14.6 Å². The van der Waals surface area contributed by atoms with Gasteiger partial charge in [-0.25, -0.2) is 18.4 Å². The summed E-state index contributed by atoms with van der Waals surface area (Å²) in [7, 11) is -3.50.